The molecular weight excluding hydrogens is 430 g/mol. The molecule has 32 heavy (non-hydrogen) atoms. The number of hydrogen-bond donors (Lipinski definition) is 2. The van der Waals surface area contributed by atoms with Crippen LogP contribution in [0.15, 0.2) is 58.1 Å². The van der Waals surface area contributed by atoms with Crippen molar-refractivity contribution in [2.24, 2.45) is 0 Å². The lowest BCUT2D eigenvalue weighted by Gasteiger charge is -2.30. The van der Waals surface area contributed by atoms with Crippen molar-refractivity contribution in [2.45, 2.75) is 49.5 Å². The molecule has 1 saturated carbocycles. The van der Waals surface area contributed by atoms with Gasteiger partial charge in [0.15, 0.2) is 0 Å². The molecule has 0 radical (unpaired) electrons. The summed E-state index contributed by atoms with van der Waals surface area (Å²) in [5.74, 6) is -0.0469. The highest BCUT2D eigenvalue weighted by Crippen LogP contribution is 2.27. The van der Waals surface area contributed by atoms with E-state index < -0.39 is 10.0 Å². The van der Waals surface area contributed by atoms with Crippen LogP contribution < -0.4 is 10.6 Å². The lowest BCUT2D eigenvalue weighted by atomic mass is 9.96. The fourth-order valence-corrected chi connectivity index (χ4v) is 5.06. The van der Waals surface area contributed by atoms with Crippen molar-refractivity contribution < 1.29 is 22.4 Å². The zero-order valence-electron chi connectivity index (χ0n) is 18.1. The Hall–Kier alpha value is -2.91. The molecule has 0 unspecified atom stereocenters. The minimum atomic E-state index is -3.57. The average molecular weight is 460 g/mol. The summed E-state index contributed by atoms with van der Waals surface area (Å²) in [6, 6.07) is 9.64. The van der Waals surface area contributed by atoms with Crippen LogP contribution in [0.1, 0.15) is 44.3 Å². The summed E-state index contributed by atoms with van der Waals surface area (Å²) in [6.45, 7) is 0.172. The van der Waals surface area contributed by atoms with Crippen molar-refractivity contribution in [3.63, 3.8) is 0 Å². The van der Waals surface area contributed by atoms with E-state index in [0.717, 1.165) is 32.1 Å². The molecule has 2 aromatic rings. The number of sulfonamides is 1. The van der Waals surface area contributed by atoms with E-state index in [9.17, 15) is 18.0 Å². The molecule has 1 aliphatic carbocycles. The Balaban J connectivity index is 1.46. The number of hydrogen-bond acceptors (Lipinski definition) is 5. The van der Waals surface area contributed by atoms with Gasteiger partial charge in [-0.1, -0.05) is 19.3 Å². The second-order valence-corrected chi connectivity index (χ2v) is 9.77. The van der Waals surface area contributed by atoms with E-state index in [1.54, 1.807) is 31.3 Å². The second kappa shape index (κ2) is 11.1. The van der Waals surface area contributed by atoms with Gasteiger partial charge in [-0.05, 0) is 55.3 Å². The number of nitrogens with one attached hydrogen (secondary N) is 2. The molecule has 0 saturated heterocycles. The van der Waals surface area contributed by atoms with E-state index in [1.807, 2.05) is 0 Å². The first kappa shape index (κ1) is 23.7. The number of anilines is 1. The predicted molar refractivity (Wildman–Crippen MR) is 122 cm³/mol. The topological polar surface area (TPSA) is 109 Å². The van der Waals surface area contributed by atoms with Gasteiger partial charge in [0.05, 0.1) is 11.2 Å². The van der Waals surface area contributed by atoms with Crippen molar-refractivity contribution >= 4 is 33.6 Å². The van der Waals surface area contributed by atoms with E-state index in [0.29, 0.717) is 11.4 Å². The van der Waals surface area contributed by atoms with E-state index in [-0.39, 0.29) is 35.7 Å². The number of benzene rings is 1. The number of furan rings is 1. The van der Waals surface area contributed by atoms with Crippen molar-refractivity contribution in [3.8, 4) is 0 Å². The lowest BCUT2D eigenvalue weighted by molar-refractivity contribution is -0.117. The molecular formula is C23H29N3O5S. The fourth-order valence-electron chi connectivity index (χ4n) is 3.64. The maximum absolute atomic E-state index is 12.9. The number of nitrogens with zero attached hydrogens (tertiary/aromatic N) is 1. The molecule has 1 fully saturated rings. The Morgan fingerprint density at radius 2 is 1.84 bits per heavy atom. The third kappa shape index (κ3) is 6.54. The summed E-state index contributed by atoms with van der Waals surface area (Å²) < 4.78 is 32.3. The van der Waals surface area contributed by atoms with Crippen LogP contribution in [-0.4, -0.2) is 44.2 Å². The molecule has 0 aliphatic heterocycles. The summed E-state index contributed by atoms with van der Waals surface area (Å²) in [4.78, 5) is 24.1. The van der Waals surface area contributed by atoms with Crippen LogP contribution in [0.3, 0.4) is 0 Å². The van der Waals surface area contributed by atoms with Crippen molar-refractivity contribution in [1.82, 2.24) is 9.62 Å². The summed E-state index contributed by atoms with van der Waals surface area (Å²) in [5.41, 5.74) is 0.498. The van der Waals surface area contributed by atoms with E-state index in [1.165, 1.54) is 34.9 Å². The van der Waals surface area contributed by atoms with Crippen molar-refractivity contribution in [3.05, 3.63) is 54.5 Å². The molecule has 1 aromatic carbocycles. The number of rotatable bonds is 9. The SMILES string of the molecule is CN(C1CCCCC1)S(=O)(=O)c1ccc(NC(=O)CCNC(=O)/C=C/c2ccco2)cc1. The lowest BCUT2D eigenvalue weighted by Crippen LogP contribution is -2.38. The van der Waals surface area contributed by atoms with Crippen LogP contribution in [0.4, 0.5) is 5.69 Å². The van der Waals surface area contributed by atoms with Crippen LogP contribution in [0.5, 0.6) is 0 Å². The predicted octanol–water partition coefficient (Wildman–Crippen LogP) is 3.39. The maximum Gasteiger partial charge on any atom is 0.244 e. The van der Waals surface area contributed by atoms with E-state index in [2.05, 4.69) is 10.6 Å². The van der Waals surface area contributed by atoms with Crippen LogP contribution in [0.25, 0.3) is 6.08 Å². The molecule has 1 aromatic heterocycles. The quantitative estimate of drug-likeness (QED) is 0.559. The van der Waals surface area contributed by atoms with Gasteiger partial charge in [0.1, 0.15) is 5.76 Å². The molecule has 9 heteroatoms. The third-order valence-electron chi connectivity index (χ3n) is 5.50. The largest absolute Gasteiger partial charge is 0.465 e. The molecule has 0 bridgehead atoms. The van der Waals surface area contributed by atoms with Gasteiger partial charge < -0.3 is 15.1 Å². The van der Waals surface area contributed by atoms with Gasteiger partial charge in [-0.3, -0.25) is 9.59 Å². The van der Waals surface area contributed by atoms with E-state index in [4.69, 9.17) is 4.42 Å². The first-order chi connectivity index (χ1) is 15.4. The zero-order chi connectivity index (χ0) is 23.0. The van der Waals surface area contributed by atoms with Gasteiger partial charge in [0.2, 0.25) is 21.8 Å². The Kier molecular flexibility index (Phi) is 8.24. The van der Waals surface area contributed by atoms with Crippen LogP contribution in [0.2, 0.25) is 0 Å². The highest BCUT2D eigenvalue weighted by Gasteiger charge is 2.28. The van der Waals surface area contributed by atoms with Gasteiger partial charge in [0.25, 0.3) is 0 Å². The minimum absolute atomic E-state index is 0.0391. The Labute approximate surface area is 188 Å². The molecule has 1 heterocycles. The first-order valence-electron chi connectivity index (χ1n) is 10.7. The third-order valence-corrected chi connectivity index (χ3v) is 7.42. The molecule has 1 aliphatic rings. The van der Waals surface area contributed by atoms with Gasteiger partial charge >= 0.3 is 0 Å². The normalized spacial score (nSPS) is 15.2. The number of carbonyl (C=O) groups is 2. The summed E-state index contributed by atoms with van der Waals surface area (Å²) in [7, 11) is -1.93. The summed E-state index contributed by atoms with van der Waals surface area (Å²) in [5, 5.41) is 5.33. The van der Waals surface area contributed by atoms with E-state index >= 15 is 0 Å². The summed E-state index contributed by atoms with van der Waals surface area (Å²) >= 11 is 0. The average Bonchev–Trinajstić information content (AvgIpc) is 3.32. The summed E-state index contributed by atoms with van der Waals surface area (Å²) in [6.07, 6.45) is 9.51. The molecule has 8 nitrogen and oxygen atoms in total. The maximum atomic E-state index is 12.9. The first-order valence-corrected chi connectivity index (χ1v) is 12.2. The Bertz CT molecular complexity index is 1020. The van der Waals surface area contributed by atoms with Crippen molar-refractivity contribution in [2.75, 3.05) is 18.9 Å². The molecule has 172 valence electrons. The molecule has 2 amide bonds. The molecule has 3 rings (SSSR count). The van der Waals surface area contributed by atoms with Gasteiger partial charge in [0, 0.05) is 37.8 Å². The standard InChI is InChI=1S/C23H29N3O5S/c1-26(19-6-3-2-4-7-19)32(29,30)21-12-9-18(10-13-21)25-23(28)15-16-24-22(27)14-11-20-8-5-17-31-20/h5,8-14,17,19H,2-4,6-7,15-16H2,1H3,(H,24,27)(H,25,28)/b14-11+. The van der Waals surface area contributed by atoms with Crippen LogP contribution in [-0.2, 0) is 19.6 Å². The van der Waals surface area contributed by atoms with Gasteiger partial charge in [-0.15, -0.1) is 0 Å². The fraction of sp³-hybridized carbons (Fsp3) is 0.391. The number of carbonyl (C=O) groups excluding carboxylic acids is 2. The minimum Gasteiger partial charge on any atom is -0.465 e. The Morgan fingerprint density at radius 1 is 1.12 bits per heavy atom. The van der Waals surface area contributed by atoms with Gasteiger partial charge in [-0.2, -0.15) is 4.31 Å². The van der Waals surface area contributed by atoms with Gasteiger partial charge in [-0.25, -0.2) is 8.42 Å². The number of amides is 2. The molecule has 0 atom stereocenters. The highest BCUT2D eigenvalue weighted by atomic mass is 32.2. The Morgan fingerprint density at radius 3 is 2.50 bits per heavy atom. The monoisotopic (exact) mass is 459 g/mol. The highest BCUT2D eigenvalue weighted by molar-refractivity contribution is 7.89. The van der Waals surface area contributed by atoms with Crippen LogP contribution >= 0.6 is 0 Å². The van der Waals surface area contributed by atoms with Crippen molar-refractivity contribution in [1.29, 1.82) is 0 Å². The smallest absolute Gasteiger partial charge is 0.244 e. The molecule has 2 N–H and O–H groups in total. The molecule has 0 spiro atoms. The zero-order valence-corrected chi connectivity index (χ0v) is 18.9. The van der Waals surface area contributed by atoms with Crippen LogP contribution in [0, 0.1) is 0 Å². The second-order valence-electron chi connectivity index (χ2n) is 7.78.